The van der Waals surface area contributed by atoms with Gasteiger partial charge in [-0.1, -0.05) is 0 Å². The molecule has 2 aromatic carbocycles. The monoisotopic (exact) mass is 376 g/mol. The third kappa shape index (κ3) is 3.99. The Balaban J connectivity index is 1.76. The largest absolute Gasteiger partial charge is 0.497 e. The Morgan fingerprint density at radius 2 is 1.81 bits per heavy atom. The zero-order chi connectivity index (χ0) is 19.6. The molecular weight excluding hydrogens is 358 g/mol. The van der Waals surface area contributed by atoms with Crippen molar-refractivity contribution in [2.75, 3.05) is 31.0 Å². The number of hydrogen-bond donors (Lipinski definition) is 1. The van der Waals surface area contributed by atoms with Crippen LogP contribution in [0.2, 0.25) is 0 Å². The summed E-state index contributed by atoms with van der Waals surface area (Å²) in [6, 6.07) is 7.76. The molecule has 1 aliphatic rings. The van der Waals surface area contributed by atoms with Gasteiger partial charge in [-0.15, -0.1) is 0 Å². The van der Waals surface area contributed by atoms with Crippen LogP contribution in [0.1, 0.15) is 6.42 Å². The first-order valence-electron chi connectivity index (χ1n) is 8.20. The Morgan fingerprint density at radius 3 is 2.44 bits per heavy atom. The smallest absolute Gasteiger partial charge is 0.229 e. The van der Waals surface area contributed by atoms with Crippen molar-refractivity contribution in [3.05, 3.63) is 48.0 Å². The van der Waals surface area contributed by atoms with Gasteiger partial charge < -0.3 is 19.7 Å². The normalized spacial score (nSPS) is 16.4. The number of hydrogen-bond acceptors (Lipinski definition) is 4. The summed E-state index contributed by atoms with van der Waals surface area (Å²) in [5.41, 5.74) is 0.529. The molecule has 0 saturated carbocycles. The van der Waals surface area contributed by atoms with E-state index in [2.05, 4.69) is 5.32 Å². The summed E-state index contributed by atoms with van der Waals surface area (Å²) in [5, 5.41) is 2.46. The molecule has 3 rings (SSSR count). The Kier molecular flexibility index (Phi) is 5.25. The van der Waals surface area contributed by atoms with E-state index in [0.717, 1.165) is 12.1 Å². The van der Waals surface area contributed by atoms with Gasteiger partial charge in [0.15, 0.2) is 0 Å². The number of halogens is 2. The maximum absolute atomic E-state index is 13.3. The second-order valence-corrected chi connectivity index (χ2v) is 6.09. The zero-order valence-corrected chi connectivity index (χ0v) is 14.8. The molecule has 0 spiro atoms. The molecular formula is C19H18F2N2O4. The van der Waals surface area contributed by atoms with E-state index >= 15 is 0 Å². The highest BCUT2D eigenvalue weighted by Crippen LogP contribution is 2.36. The van der Waals surface area contributed by atoms with Crippen molar-refractivity contribution in [3.8, 4) is 11.5 Å². The molecule has 1 aliphatic heterocycles. The van der Waals surface area contributed by atoms with Crippen molar-refractivity contribution in [2.45, 2.75) is 6.42 Å². The summed E-state index contributed by atoms with van der Waals surface area (Å²) in [6.07, 6.45) is -0.0151. The molecule has 1 fully saturated rings. The first-order valence-corrected chi connectivity index (χ1v) is 8.20. The van der Waals surface area contributed by atoms with Crippen LogP contribution in [0.4, 0.5) is 20.2 Å². The van der Waals surface area contributed by atoms with E-state index in [0.29, 0.717) is 23.3 Å². The summed E-state index contributed by atoms with van der Waals surface area (Å²) in [7, 11) is 2.99. The van der Waals surface area contributed by atoms with Crippen molar-refractivity contribution in [3.63, 3.8) is 0 Å². The first-order chi connectivity index (χ1) is 12.9. The quantitative estimate of drug-likeness (QED) is 0.871. The number of ether oxygens (including phenoxy) is 2. The lowest BCUT2D eigenvalue weighted by atomic mass is 10.1. The highest BCUT2D eigenvalue weighted by Gasteiger charge is 2.36. The van der Waals surface area contributed by atoms with Gasteiger partial charge in [0.1, 0.15) is 23.1 Å². The van der Waals surface area contributed by atoms with Gasteiger partial charge in [0.25, 0.3) is 0 Å². The van der Waals surface area contributed by atoms with Gasteiger partial charge in [0.2, 0.25) is 11.8 Å². The fourth-order valence-electron chi connectivity index (χ4n) is 2.99. The average Bonchev–Trinajstić information content (AvgIpc) is 3.02. The molecule has 0 bridgehead atoms. The molecule has 2 aromatic rings. The molecule has 142 valence electrons. The van der Waals surface area contributed by atoms with Crippen LogP contribution in [0.15, 0.2) is 36.4 Å². The minimum absolute atomic E-state index is 0.00503. The number of nitrogens with one attached hydrogen (secondary N) is 1. The number of carbonyl (C=O) groups excluding carboxylic acids is 2. The van der Waals surface area contributed by atoms with Gasteiger partial charge in [0.05, 0.1) is 25.8 Å². The summed E-state index contributed by atoms with van der Waals surface area (Å²) < 4.78 is 37.0. The van der Waals surface area contributed by atoms with Gasteiger partial charge in [0, 0.05) is 30.8 Å². The molecule has 1 N–H and O–H groups in total. The average molecular weight is 376 g/mol. The molecule has 1 saturated heterocycles. The van der Waals surface area contributed by atoms with Crippen LogP contribution in [0.5, 0.6) is 11.5 Å². The predicted octanol–water partition coefficient (Wildman–Crippen LogP) is 2.97. The van der Waals surface area contributed by atoms with Crippen molar-refractivity contribution >= 4 is 23.2 Å². The molecule has 8 heteroatoms. The number of carbonyl (C=O) groups is 2. The molecule has 0 radical (unpaired) electrons. The lowest BCUT2D eigenvalue weighted by molar-refractivity contribution is -0.122. The minimum Gasteiger partial charge on any atom is -0.497 e. The van der Waals surface area contributed by atoms with Gasteiger partial charge in [-0.05, 0) is 24.3 Å². The van der Waals surface area contributed by atoms with Crippen LogP contribution in [-0.2, 0) is 9.59 Å². The maximum atomic E-state index is 13.3. The molecule has 0 aromatic heterocycles. The van der Waals surface area contributed by atoms with Crippen LogP contribution in [0, 0.1) is 17.6 Å². The van der Waals surface area contributed by atoms with Crippen LogP contribution >= 0.6 is 0 Å². The van der Waals surface area contributed by atoms with E-state index in [4.69, 9.17) is 9.47 Å². The standard InChI is InChI=1S/C19H18F2N2O4/c1-26-15-3-4-16(17(9-15)27-2)23-10-11(5-18(23)24)19(25)22-14-7-12(20)6-13(21)8-14/h3-4,6-9,11H,5,10H2,1-2H3,(H,22,25). The maximum Gasteiger partial charge on any atom is 0.229 e. The van der Waals surface area contributed by atoms with E-state index in [1.807, 2.05) is 0 Å². The lowest BCUT2D eigenvalue weighted by Crippen LogP contribution is -2.28. The van der Waals surface area contributed by atoms with E-state index in [-0.39, 0.29) is 24.6 Å². The second-order valence-electron chi connectivity index (χ2n) is 6.09. The Hall–Kier alpha value is -3.16. The molecule has 1 unspecified atom stereocenters. The molecule has 6 nitrogen and oxygen atoms in total. The number of amides is 2. The van der Waals surface area contributed by atoms with Crippen LogP contribution < -0.4 is 19.7 Å². The van der Waals surface area contributed by atoms with Crippen molar-refractivity contribution < 1.29 is 27.8 Å². The van der Waals surface area contributed by atoms with Gasteiger partial charge >= 0.3 is 0 Å². The second kappa shape index (κ2) is 7.61. The van der Waals surface area contributed by atoms with Crippen molar-refractivity contribution in [1.29, 1.82) is 0 Å². The minimum atomic E-state index is -0.794. The number of methoxy groups -OCH3 is 2. The topological polar surface area (TPSA) is 67.9 Å². The highest BCUT2D eigenvalue weighted by molar-refractivity contribution is 6.04. The molecule has 0 aliphatic carbocycles. The lowest BCUT2D eigenvalue weighted by Gasteiger charge is -2.20. The Morgan fingerprint density at radius 1 is 1.11 bits per heavy atom. The predicted molar refractivity (Wildman–Crippen MR) is 95.0 cm³/mol. The van der Waals surface area contributed by atoms with Crippen LogP contribution in [-0.4, -0.2) is 32.6 Å². The summed E-state index contributed by atoms with van der Waals surface area (Å²) >= 11 is 0. The summed E-state index contributed by atoms with van der Waals surface area (Å²) in [5.74, 6) is -1.96. The van der Waals surface area contributed by atoms with Crippen LogP contribution in [0.3, 0.4) is 0 Å². The fraction of sp³-hybridized carbons (Fsp3) is 0.263. The van der Waals surface area contributed by atoms with Crippen molar-refractivity contribution in [2.24, 2.45) is 5.92 Å². The van der Waals surface area contributed by atoms with Crippen LogP contribution in [0.25, 0.3) is 0 Å². The van der Waals surface area contributed by atoms with E-state index < -0.39 is 23.5 Å². The fourth-order valence-corrected chi connectivity index (χ4v) is 2.99. The SMILES string of the molecule is COc1ccc(N2CC(C(=O)Nc3cc(F)cc(F)c3)CC2=O)c(OC)c1. The summed E-state index contributed by atoms with van der Waals surface area (Å²) in [4.78, 5) is 26.3. The number of anilines is 2. The summed E-state index contributed by atoms with van der Waals surface area (Å²) in [6.45, 7) is 0.130. The third-order valence-corrected chi connectivity index (χ3v) is 4.30. The first kappa shape index (κ1) is 18.6. The van der Waals surface area contributed by atoms with Gasteiger partial charge in [-0.2, -0.15) is 0 Å². The Labute approximate surface area is 154 Å². The van der Waals surface area contributed by atoms with Gasteiger partial charge in [-0.3, -0.25) is 9.59 Å². The van der Waals surface area contributed by atoms with Gasteiger partial charge in [-0.25, -0.2) is 8.78 Å². The Bertz CT molecular complexity index is 868. The molecule has 1 atom stereocenters. The van der Waals surface area contributed by atoms with E-state index in [1.165, 1.54) is 19.1 Å². The highest BCUT2D eigenvalue weighted by atomic mass is 19.1. The number of rotatable bonds is 5. The number of benzene rings is 2. The van der Waals surface area contributed by atoms with E-state index in [9.17, 15) is 18.4 Å². The third-order valence-electron chi connectivity index (χ3n) is 4.30. The molecule has 27 heavy (non-hydrogen) atoms. The van der Waals surface area contributed by atoms with E-state index in [1.54, 1.807) is 18.2 Å². The molecule has 1 heterocycles. The number of nitrogens with zero attached hydrogens (tertiary/aromatic N) is 1. The van der Waals surface area contributed by atoms with Crippen molar-refractivity contribution in [1.82, 2.24) is 0 Å². The zero-order valence-electron chi connectivity index (χ0n) is 14.8. The molecule has 2 amide bonds.